The summed E-state index contributed by atoms with van der Waals surface area (Å²) >= 11 is 0. The predicted octanol–water partition coefficient (Wildman–Crippen LogP) is 3.97. The van der Waals surface area contributed by atoms with Gasteiger partial charge in [-0.2, -0.15) is 26.7 Å². The fraction of sp³-hybridized carbons (Fsp3) is 0.750. The molecule has 0 N–H and O–H groups in total. The Kier molecular flexibility index (Phi) is 16.2. The summed E-state index contributed by atoms with van der Waals surface area (Å²) in [7, 11) is 1.99. The second-order valence-electron chi connectivity index (χ2n) is 5.33. The third-order valence-corrected chi connectivity index (χ3v) is 3.26. The number of hydrogen-bond donors (Lipinski definition) is 0. The minimum atomic E-state index is -0.484. The van der Waals surface area contributed by atoms with Crippen LogP contribution in [0.2, 0.25) is 0 Å². The van der Waals surface area contributed by atoms with Crippen molar-refractivity contribution in [2.24, 2.45) is 5.92 Å². The maximum absolute atomic E-state index is 12.3. The maximum Gasteiger partial charge on any atom is 3.00 e. The largest absolute Gasteiger partial charge is 3.00 e. The van der Waals surface area contributed by atoms with Gasteiger partial charge in [0.1, 0.15) is 5.78 Å². The minimum Gasteiger partial charge on any atom is -0.341 e. The molecule has 0 atom stereocenters. The Balaban J connectivity index is -0.000000580. The summed E-state index contributed by atoms with van der Waals surface area (Å²) in [6.07, 6.45) is 3.17. The summed E-state index contributed by atoms with van der Waals surface area (Å²) in [5.74, 6) is 0.290. The fourth-order valence-corrected chi connectivity index (χ4v) is 1.93. The molecule has 0 bridgehead atoms. The van der Waals surface area contributed by atoms with E-state index in [1.807, 2.05) is 41.2 Å². The van der Waals surface area contributed by atoms with Crippen molar-refractivity contribution in [3.8, 4) is 0 Å². The Morgan fingerprint density at radius 3 is 1.63 bits per heavy atom. The molecule has 0 aromatic rings. The molecule has 0 fully saturated rings. The zero-order chi connectivity index (χ0) is 14.9. The number of carbonyl (C=O) groups is 1. The SMILES string of the molecule is C[CH-]C.[CH2-]CC(C[CH2-])(C(=O)C(C)C)N(C)C(C)C.[Y+3]. The molecule has 0 rings (SSSR count). The number of rotatable bonds is 6. The molecule has 110 valence electrons. The molecule has 0 saturated carbocycles. The monoisotopic (exact) mass is 343 g/mol. The van der Waals surface area contributed by atoms with Crippen molar-refractivity contribution in [2.75, 3.05) is 7.05 Å². The van der Waals surface area contributed by atoms with Gasteiger partial charge in [-0.05, 0) is 20.9 Å². The number of hydrogen-bond acceptors (Lipinski definition) is 2. The van der Waals surface area contributed by atoms with Crippen LogP contribution in [0.15, 0.2) is 0 Å². The van der Waals surface area contributed by atoms with Gasteiger partial charge in [0.2, 0.25) is 0 Å². The van der Waals surface area contributed by atoms with Crippen molar-refractivity contribution in [1.29, 1.82) is 0 Å². The Bertz CT molecular complexity index is 223. The average molecular weight is 343 g/mol. The van der Waals surface area contributed by atoms with E-state index in [9.17, 15) is 4.79 Å². The molecule has 0 saturated heterocycles. The van der Waals surface area contributed by atoms with Gasteiger partial charge in [0.25, 0.3) is 0 Å². The number of ketones is 1. The number of nitrogens with zero attached hydrogens (tertiary/aromatic N) is 1. The summed E-state index contributed by atoms with van der Waals surface area (Å²) in [6.45, 7) is 19.9. The van der Waals surface area contributed by atoms with Gasteiger partial charge in [-0.25, -0.2) is 0 Å². The molecule has 0 aromatic carbocycles. The first kappa shape index (κ1) is 24.7. The van der Waals surface area contributed by atoms with Crippen LogP contribution < -0.4 is 0 Å². The van der Waals surface area contributed by atoms with Gasteiger partial charge in [0.15, 0.2) is 0 Å². The van der Waals surface area contributed by atoms with Crippen LogP contribution in [0.4, 0.5) is 0 Å². The van der Waals surface area contributed by atoms with E-state index in [0.717, 1.165) is 0 Å². The predicted molar refractivity (Wildman–Crippen MR) is 81.1 cm³/mol. The number of carbonyl (C=O) groups excluding carboxylic acids is 1. The van der Waals surface area contributed by atoms with E-state index in [1.54, 1.807) is 0 Å². The van der Waals surface area contributed by atoms with E-state index >= 15 is 0 Å². The van der Waals surface area contributed by atoms with Crippen molar-refractivity contribution >= 4 is 5.78 Å². The van der Waals surface area contributed by atoms with Crippen molar-refractivity contribution in [1.82, 2.24) is 4.90 Å². The molecule has 0 amide bonds. The second kappa shape index (κ2) is 12.5. The molecule has 19 heavy (non-hydrogen) atoms. The van der Waals surface area contributed by atoms with Gasteiger partial charge in [-0.1, -0.05) is 13.8 Å². The van der Waals surface area contributed by atoms with Crippen LogP contribution in [0, 0.1) is 26.2 Å². The van der Waals surface area contributed by atoms with E-state index in [4.69, 9.17) is 0 Å². The first-order valence-electron chi connectivity index (χ1n) is 6.84. The minimum absolute atomic E-state index is 0. The quantitative estimate of drug-likeness (QED) is 0.680. The molecule has 0 aliphatic heterocycles. The molecule has 0 aromatic heterocycles. The standard InChI is InChI=1S/C13H25NO.C3H7.Y/c1-8-13(9-2,12(15)10(3)4)14(7)11(5)6;1-3-2;/h10-11H,1-2,8-9H2,3-7H3;3H,1-2H3;/q-2;-1;+3. The van der Waals surface area contributed by atoms with Crippen LogP contribution in [0.3, 0.4) is 0 Å². The molecular formula is C16H32NOY. The Labute approximate surface area is 147 Å². The van der Waals surface area contributed by atoms with Crippen LogP contribution in [0.5, 0.6) is 0 Å². The van der Waals surface area contributed by atoms with Crippen LogP contribution in [0.1, 0.15) is 54.4 Å². The van der Waals surface area contributed by atoms with Crippen LogP contribution in [0.25, 0.3) is 0 Å². The fourth-order valence-electron chi connectivity index (χ4n) is 1.93. The Hall–Kier alpha value is 0.734. The van der Waals surface area contributed by atoms with Gasteiger partial charge >= 0.3 is 32.7 Å². The maximum atomic E-state index is 12.3. The number of Topliss-reactive ketones (excluding diaryl/α,β-unsaturated/α-hetero) is 1. The van der Waals surface area contributed by atoms with Crippen LogP contribution in [-0.4, -0.2) is 29.3 Å². The van der Waals surface area contributed by atoms with Crippen LogP contribution in [-0.2, 0) is 37.5 Å². The Morgan fingerprint density at radius 2 is 1.47 bits per heavy atom. The molecule has 0 aliphatic carbocycles. The molecule has 3 heteroatoms. The number of likely N-dealkylation sites (N-methyl/N-ethyl adjacent to an activating group) is 1. The topological polar surface area (TPSA) is 20.3 Å². The Morgan fingerprint density at radius 1 is 1.16 bits per heavy atom. The molecule has 0 heterocycles. The van der Waals surface area contributed by atoms with E-state index in [2.05, 4.69) is 32.6 Å². The normalized spacial score (nSPS) is 11.2. The zero-order valence-electron chi connectivity index (χ0n) is 14.0. The molecular weight excluding hydrogens is 311 g/mol. The summed E-state index contributed by atoms with van der Waals surface area (Å²) in [4.78, 5) is 14.4. The molecule has 0 unspecified atom stereocenters. The van der Waals surface area contributed by atoms with E-state index < -0.39 is 5.54 Å². The summed E-state index contributed by atoms with van der Waals surface area (Å²) < 4.78 is 0. The summed E-state index contributed by atoms with van der Waals surface area (Å²) in [5, 5.41) is 0. The van der Waals surface area contributed by atoms with E-state index in [0.29, 0.717) is 18.9 Å². The third-order valence-electron chi connectivity index (χ3n) is 3.26. The average Bonchev–Trinajstić information content (AvgIpc) is 2.31. The van der Waals surface area contributed by atoms with Gasteiger partial charge in [0.05, 0.1) is 0 Å². The van der Waals surface area contributed by atoms with Gasteiger partial charge in [-0.15, -0.1) is 0 Å². The van der Waals surface area contributed by atoms with Crippen molar-refractivity contribution in [2.45, 2.75) is 66.0 Å². The second-order valence-corrected chi connectivity index (χ2v) is 5.33. The first-order chi connectivity index (χ1) is 8.24. The van der Waals surface area contributed by atoms with E-state index in [1.165, 1.54) is 0 Å². The molecule has 0 spiro atoms. The van der Waals surface area contributed by atoms with Gasteiger partial charge in [0, 0.05) is 17.5 Å². The summed E-state index contributed by atoms with van der Waals surface area (Å²) in [5.41, 5.74) is -0.484. The smallest absolute Gasteiger partial charge is 0.341 e. The molecule has 0 aliphatic rings. The van der Waals surface area contributed by atoms with Crippen molar-refractivity contribution < 1.29 is 37.5 Å². The first-order valence-corrected chi connectivity index (χ1v) is 6.84. The molecule has 2 nitrogen and oxygen atoms in total. The summed E-state index contributed by atoms with van der Waals surface area (Å²) in [6, 6.07) is 0.330. The molecule has 0 radical (unpaired) electrons. The third kappa shape index (κ3) is 7.34. The van der Waals surface area contributed by atoms with Gasteiger partial charge in [-0.3, -0.25) is 9.69 Å². The zero-order valence-corrected chi connectivity index (χ0v) is 16.8. The van der Waals surface area contributed by atoms with Crippen molar-refractivity contribution in [3.05, 3.63) is 20.3 Å². The van der Waals surface area contributed by atoms with E-state index in [-0.39, 0.29) is 44.4 Å². The van der Waals surface area contributed by atoms with Gasteiger partial charge < -0.3 is 20.3 Å². The van der Waals surface area contributed by atoms with Crippen LogP contribution >= 0.6 is 0 Å². The van der Waals surface area contributed by atoms with Crippen molar-refractivity contribution in [3.63, 3.8) is 0 Å².